The van der Waals surface area contributed by atoms with Crippen LogP contribution >= 0.6 is 0 Å². The highest BCUT2D eigenvalue weighted by atomic mass is 15.0. The Morgan fingerprint density at radius 1 is 0.774 bits per heavy atom. The summed E-state index contributed by atoms with van der Waals surface area (Å²) in [5, 5.41) is 3.96. The van der Waals surface area contributed by atoms with Crippen molar-refractivity contribution in [3.05, 3.63) is 89.6 Å². The first-order chi connectivity index (χ1) is 15.1. The number of hydrogen-bond donors (Lipinski definition) is 0. The summed E-state index contributed by atoms with van der Waals surface area (Å²) in [6.45, 7) is 4.55. The summed E-state index contributed by atoms with van der Waals surface area (Å²) < 4.78 is 4.78. The van der Waals surface area contributed by atoms with Gasteiger partial charge in [0.25, 0.3) is 0 Å². The molecule has 2 aromatic heterocycles. The largest absolute Gasteiger partial charge is 0.343 e. The van der Waals surface area contributed by atoms with E-state index in [0.717, 1.165) is 6.42 Å². The zero-order valence-corrected chi connectivity index (χ0v) is 18.3. The number of rotatable bonds is 2. The minimum Gasteiger partial charge on any atom is -0.343 e. The molecule has 0 fully saturated rings. The standard InChI is InChI=1S/C29H26N2/c1-19(2)21-12-9-13-24-25-18-20(16-17-26(25)30(3)29(21)24)31-27-14-6-4-5-10-22(27)23-11-7-8-15-28(23)31/h5-19H,4H2,1-3H3. The van der Waals surface area contributed by atoms with Crippen molar-refractivity contribution in [1.29, 1.82) is 0 Å². The van der Waals surface area contributed by atoms with Gasteiger partial charge in [0.05, 0.1) is 16.7 Å². The number of aromatic nitrogens is 2. The van der Waals surface area contributed by atoms with Crippen LogP contribution in [-0.2, 0) is 7.05 Å². The molecule has 0 amide bonds. The Kier molecular flexibility index (Phi) is 3.97. The first kappa shape index (κ1) is 18.3. The van der Waals surface area contributed by atoms with Crippen LogP contribution in [0.2, 0.25) is 0 Å². The monoisotopic (exact) mass is 402 g/mol. The molecule has 0 N–H and O–H groups in total. The SMILES string of the molecule is CC(C)c1cccc2c3cc(-n4c5c(c6ccccc64)C=CCC=C5)ccc3n(C)c12. The second kappa shape index (κ2) is 6.75. The molecule has 2 nitrogen and oxygen atoms in total. The number of benzene rings is 3. The van der Waals surface area contributed by atoms with E-state index in [1.165, 1.54) is 55.2 Å². The summed E-state index contributed by atoms with van der Waals surface area (Å²) in [7, 11) is 2.20. The molecule has 0 saturated carbocycles. The molecular weight excluding hydrogens is 376 g/mol. The maximum absolute atomic E-state index is 2.42. The van der Waals surface area contributed by atoms with Crippen molar-refractivity contribution < 1.29 is 0 Å². The molecule has 3 aromatic carbocycles. The van der Waals surface area contributed by atoms with Gasteiger partial charge in [0.2, 0.25) is 0 Å². The summed E-state index contributed by atoms with van der Waals surface area (Å²) >= 11 is 0. The van der Waals surface area contributed by atoms with Crippen LogP contribution in [0.15, 0.2) is 72.8 Å². The van der Waals surface area contributed by atoms with E-state index < -0.39 is 0 Å². The van der Waals surface area contributed by atoms with Gasteiger partial charge >= 0.3 is 0 Å². The second-order valence-electron chi connectivity index (χ2n) is 8.85. The molecule has 1 aliphatic carbocycles. The normalized spacial score (nSPS) is 13.5. The fraction of sp³-hybridized carbons (Fsp3) is 0.172. The van der Waals surface area contributed by atoms with Gasteiger partial charge in [-0.3, -0.25) is 0 Å². The maximum Gasteiger partial charge on any atom is 0.0541 e. The summed E-state index contributed by atoms with van der Waals surface area (Å²) in [5.74, 6) is 0.493. The smallest absolute Gasteiger partial charge is 0.0541 e. The van der Waals surface area contributed by atoms with Crippen LogP contribution < -0.4 is 0 Å². The highest BCUT2D eigenvalue weighted by Crippen LogP contribution is 2.37. The predicted molar refractivity (Wildman–Crippen MR) is 134 cm³/mol. The number of nitrogens with zero attached hydrogens (tertiary/aromatic N) is 2. The van der Waals surface area contributed by atoms with Crippen molar-refractivity contribution in [2.75, 3.05) is 0 Å². The molecule has 6 rings (SSSR count). The van der Waals surface area contributed by atoms with Crippen LogP contribution in [0, 0.1) is 0 Å². The number of hydrogen-bond acceptors (Lipinski definition) is 0. The Morgan fingerprint density at radius 2 is 1.58 bits per heavy atom. The van der Waals surface area contributed by atoms with Crippen molar-refractivity contribution in [3.63, 3.8) is 0 Å². The number of aryl methyl sites for hydroxylation is 1. The Labute approximate surface area is 182 Å². The fourth-order valence-corrected chi connectivity index (χ4v) is 5.26. The van der Waals surface area contributed by atoms with Gasteiger partial charge in [0.1, 0.15) is 0 Å². The molecule has 5 aromatic rings. The molecule has 0 unspecified atom stereocenters. The number of allylic oxidation sites excluding steroid dienone is 2. The third kappa shape index (κ3) is 2.58. The average molecular weight is 403 g/mol. The van der Waals surface area contributed by atoms with Crippen LogP contribution in [0.4, 0.5) is 0 Å². The zero-order chi connectivity index (χ0) is 21.1. The third-order valence-electron chi connectivity index (χ3n) is 6.70. The van der Waals surface area contributed by atoms with Gasteiger partial charge in [-0.05, 0) is 48.2 Å². The average Bonchev–Trinajstić information content (AvgIpc) is 3.12. The van der Waals surface area contributed by atoms with Crippen LogP contribution in [0.5, 0.6) is 0 Å². The molecule has 2 heteroatoms. The van der Waals surface area contributed by atoms with Crippen molar-refractivity contribution in [2.24, 2.45) is 7.05 Å². The van der Waals surface area contributed by atoms with Crippen molar-refractivity contribution in [3.8, 4) is 5.69 Å². The first-order valence-corrected chi connectivity index (χ1v) is 11.1. The molecule has 2 heterocycles. The lowest BCUT2D eigenvalue weighted by molar-refractivity contribution is 0.861. The minimum absolute atomic E-state index is 0.493. The molecule has 0 saturated heterocycles. The van der Waals surface area contributed by atoms with Gasteiger partial charge in [0, 0.05) is 40.0 Å². The maximum atomic E-state index is 2.42. The fourth-order valence-electron chi connectivity index (χ4n) is 5.26. The Hall–Kier alpha value is -3.52. The topological polar surface area (TPSA) is 9.86 Å². The van der Waals surface area contributed by atoms with Crippen LogP contribution in [0.25, 0.3) is 50.5 Å². The lowest BCUT2D eigenvalue weighted by Crippen LogP contribution is -1.97. The first-order valence-electron chi connectivity index (χ1n) is 11.1. The number of para-hydroxylation sites is 2. The van der Waals surface area contributed by atoms with E-state index in [4.69, 9.17) is 0 Å². The molecule has 0 spiro atoms. The van der Waals surface area contributed by atoms with Gasteiger partial charge in [-0.2, -0.15) is 0 Å². The van der Waals surface area contributed by atoms with Gasteiger partial charge in [-0.15, -0.1) is 0 Å². The van der Waals surface area contributed by atoms with Crippen molar-refractivity contribution in [1.82, 2.24) is 9.13 Å². The summed E-state index contributed by atoms with van der Waals surface area (Å²) in [5.41, 5.74) is 9.08. The molecule has 152 valence electrons. The summed E-state index contributed by atoms with van der Waals surface area (Å²) in [6.07, 6.45) is 10.0. The van der Waals surface area contributed by atoms with E-state index in [0.29, 0.717) is 5.92 Å². The number of fused-ring (bicyclic) bond motifs is 6. The quantitative estimate of drug-likeness (QED) is 0.285. The molecule has 0 atom stereocenters. The zero-order valence-electron chi connectivity index (χ0n) is 18.3. The van der Waals surface area contributed by atoms with E-state index in [1.807, 2.05) is 0 Å². The van der Waals surface area contributed by atoms with E-state index in [1.54, 1.807) is 0 Å². The van der Waals surface area contributed by atoms with Crippen molar-refractivity contribution in [2.45, 2.75) is 26.2 Å². The molecule has 31 heavy (non-hydrogen) atoms. The Balaban J connectivity index is 1.70. The molecule has 0 aliphatic heterocycles. The van der Waals surface area contributed by atoms with Crippen LogP contribution in [0.1, 0.15) is 43.0 Å². The van der Waals surface area contributed by atoms with E-state index in [2.05, 4.69) is 115 Å². The van der Waals surface area contributed by atoms with Crippen LogP contribution in [-0.4, -0.2) is 9.13 Å². The lowest BCUT2D eigenvalue weighted by atomic mass is 10.00. The Morgan fingerprint density at radius 3 is 2.45 bits per heavy atom. The highest BCUT2D eigenvalue weighted by Gasteiger charge is 2.18. The predicted octanol–water partition coefficient (Wildman–Crippen LogP) is 7.83. The Bertz CT molecular complexity index is 1540. The van der Waals surface area contributed by atoms with E-state index in [9.17, 15) is 0 Å². The third-order valence-corrected chi connectivity index (χ3v) is 6.70. The summed E-state index contributed by atoms with van der Waals surface area (Å²) in [6, 6.07) is 22.4. The van der Waals surface area contributed by atoms with Crippen molar-refractivity contribution >= 4 is 44.9 Å². The molecule has 0 radical (unpaired) electrons. The summed E-state index contributed by atoms with van der Waals surface area (Å²) in [4.78, 5) is 0. The molecule has 1 aliphatic rings. The van der Waals surface area contributed by atoms with Gasteiger partial charge in [-0.25, -0.2) is 0 Å². The second-order valence-corrected chi connectivity index (χ2v) is 8.85. The van der Waals surface area contributed by atoms with Gasteiger partial charge in [0.15, 0.2) is 0 Å². The van der Waals surface area contributed by atoms with Gasteiger partial charge < -0.3 is 9.13 Å². The lowest BCUT2D eigenvalue weighted by Gasteiger charge is -2.10. The van der Waals surface area contributed by atoms with E-state index in [-0.39, 0.29) is 0 Å². The van der Waals surface area contributed by atoms with E-state index >= 15 is 0 Å². The van der Waals surface area contributed by atoms with Crippen LogP contribution in [0.3, 0.4) is 0 Å². The minimum atomic E-state index is 0.493. The highest BCUT2D eigenvalue weighted by molar-refractivity contribution is 6.10. The molecule has 0 bridgehead atoms. The molecular formula is C29H26N2. The van der Waals surface area contributed by atoms with Gasteiger partial charge in [-0.1, -0.05) is 68.5 Å².